The van der Waals surface area contributed by atoms with E-state index >= 15 is 0 Å². The molecule has 3 aromatic rings. The van der Waals surface area contributed by atoms with Gasteiger partial charge in [-0.3, -0.25) is 9.78 Å². The van der Waals surface area contributed by atoms with Crippen LogP contribution in [0, 0.1) is 0 Å². The average Bonchev–Trinajstić information content (AvgIpc) is 2.84. The quantitative estimate of drug-likeness (QED) is 0.510. The van der Waals surface area contributed by atoms with Gasteiger partial charge < -0.3 is 4.90 Å². The Morgan fingerprint density at radius 2 is 1.58 bits per heavy atom. The first-order valence-electron chi connectivity index (χ1n) is 10.2. The number of piperazine rings is 1. The number of hydrogen-bond donors (Lipinski definition) is 0. The summed E-state index contributed by atoms with van der Waals surface area (Å²) in [4.78, 5) is 18.7. The van der Waals surface area contributed by atoms with Crippen molar-refractivity contribution in [2.75, 3.05) is 26.2 Å². The van der Waals surface area contributed by atoms with E-state index in [4.69, 9.17) is 11.6 Å². The molecule has 0 bridgehead atoms. The minimum Gasteiger partial charge on any atom is -0.336 e. The standard InChI is InChI=1S/C24H22ClN3O3S.ClH/c25-23-9-3-19(4-10-23)11-17-32(30,31)28-15-13-27(14-16-28)24(29)21-7-5-20(6-8-21)22-2-1-12-26-18-22;/h1-12,17-18H,13-16H2;1H. The van der Waals surface area contributed by atoms with Gasteiger partial charge in [0.1, 0.15) is 0 Å². The van der Waals surface area contributed by atoms with Crippen molar-refractivity contribution < 1.29 is 13.2 Å². The second kappa shape index (κ2) is 10.9. The van der Waals surface area contributed by atoms with Crippen molar-refractivity contribution in [2.24, 2.45) is 0 Å². The Balaban J connectivity index is 0.00000306. The van der Waals surface area contributed by atoms with E-state index in [0.717, 1.165) is 16.7 Å². The van der Waals surface area contributed by atoms with Crippen LogP contribution in [-0.2, 0) is 10.0 Å². The Bertz CT molecular complexity index is 1210. The van der Waals surface area contributed by atoms with Crippen LogP contribution in [0.25, 0.3) is 17.2 Å². The van der Waals surface area contributed by atoms with Crippen LogP contribution in [0.5, 0.6) is 0 Å². The third-order valence-corrected chi connectivity index (χ3v) is 7.13. The van der Waals surface area contributed by atoms with Gasteiger partial charge in [0, 0.05) is 54.6 Å². The molecule has 9 heteroatoms. The molecule has 0 N–H and O–H groups in total. The molecule has 0 unspecified atom stereocenters. The largest absolute Gasteiger partial charge is 0.336 e. The third-order valence-electron chi connectivity index (χ3n) is 5.31. The van der Waals surface area contributed by atoms with Gasteiger partial charge in [-0.1, -0.05) is 41.9 Å². The lowest BCUT2D eigenvalue weighted by Gasteiger charge is -2.33. The van der Waals surface area contributed by atoms with Crippen molar-refractivity contribution in [3.63, 3.8) is 0 Å². The molecule has 0 atom stereocenters. The predicted octanol–water partition coefficient (Wildman–Crippen LogP) is 4.58. The summed E-state index contributed by atoms with van der Waals surface area (Å²) in [5.74, 6) is -0.100. The van der Waals surface area contributed by atoms with E-state index < -0.39 is 10.0 Å². The number of nitrogens with zero attached hydrogens (tertiary/aromatic N) is 3. The number of halogens is 2. The number of carbonyl (C=O) groups excluding carboxylic acids is 1. The molecule has 0 saturated carbocycles. The van der Waals surface area contributed by atoms with Crippen LogP contribution in [0.15, 0.2) is 78.5 Å². The average molecular weight is 504 g/mol. The predicted molar refractivity (Wildman–Crippen MR) is 134 cm³/mol. The van der Waals surface area contributed by atoms with Gasteiger partial charge >= 0.3 is 0 Å². The van der Waals surface area contributed by atoms with Gasteiger partial charge in [0.25, 0.3) is 5.91 Å². The van der Waals surface area contributed by atoms with Gasteiger partial charge in [0.2, 0.25) is 10.0 Å². The van der Waals surface area contributed by atoms with Crippen molar-refractivity contribution in [3.05, 3.63) is 94.6 Å². The fourth-order valence-electron chi connectivity index (χ4n) is 3.49. The van der Waals surface area contributed by atoms with E-state index in [1.807, 2.05) is 24.3 Å². The van der Waals surface area contributed by atoms with Crippen molar-refractivity contribution >= 4 is 46.0 Å². The first kappa shape index (κ1) is 24.9. The summed E-state index contributed by atoms with van der Waals surface area (Å²) in [5.41, 5.74) is 3.30. The van der Waals surface area contributed by atoms with Crippen LogP contribution in [0.2, 0.25) is 5.02 Å². The van der Waals surface area contributed by atoms with Crippen molar-refractivity contribution in [3.8, 4) is 11.1 Å². The first-order valence-corrected chi connectivity index (χ1v) is 12.0. The van der Waals surface area contributed by atoms with Gasteiger partial charge in [-0.25, -0.2) is 8.42 Å². The molecular weight excluding hydrogens is 481 g/mol. The van der Waals surface area contributed by atoms with Crippen LogP contribution < -0.4 is 0 Å². The zero-order valence-electron chi connectivity index (χ0n) is 17.7. The van der Waals surface area contributed by atoms with Gasteiger partial charge in [0.15, 0.2) is 0 Å². The summed E-state index contributed by atoms with van der Waals surface area (Å²) < 4.78 is 26.7. The van der Waals surface area contributed by atoms with E-state index in [2.05, 4.69) is 4.98 Å². The molecule has 1 aromatic heterocycles. The molecule has 0 spiro atoms. The monoisotopic (exact) mass is 503 g/mol. The lowest BCUT2D eigenvalue weighted by atomic mass is 10.1. The second-order valence-electron chi connectivity index (χ2n) is 7.41. The number of benzene rings is 2. The molecule has 1 amide bonds. The molecule has 1 saturated heterocycles. The highest BCUT2D eigenvalue weighted by molar-refractivity contribution is 7.92. The van der Waals surface area contributed by atoms with Gasteiger partial charge in [-0.05, 0) is 53.1 Å². The minimum atomic E-state index is -3.57. The normalized spacial score (nSPS) is 14.8. The molecule has 1 aliphatic rings. The lowest BCUT2D eigenvalue weighted by Crippen LogP contribution is -2.50. The van der Waals surface area contributed by atoms with E-state index in [-0.39, 0.29) is 31.4 Å². The zero-order valence-corrected chi connectivity index (χ0v) is 20.1. The van der Waals surface area contributed by atoms with E-state index in [1.165, 1.54) is 9.71 Å². The Morgan fingerprint density at radius 1 is 0.909 bits per heavy atom. The molecule has 4 rings (SSSR count). The van der Waals surface area contributed by atoms with Crippen LogP contribution in [-0.4, -0.2) is 54.7 Å². The maximum Gasteiger partial charge on any atom is 0.253 e. The van der Waals surface area contributed by atoms with Crippen molar-refractivity contribution in [1.82, 2.24) is 14.2 Å². The highest BCUT2D eigenvalue weighted by atomic mass is 35.5. The van der Waals surface area contributed by atoms with Gasteiger partial charge in [0.05, 0.1) is 0 Å². The second-order valence-corrected chi connectivity index (χ2v) is 9.66. The number of sulfonamides is 1. The van der Waals surface area contributed by atoms with E-state index in [0.29, 0.717) is 23.7 Å². The molecule has 2 aromatic carbocycles. The number of amides is 1. The SMILES string of the molecule is Cl.O=C(c1ccc(-c2cccnc2)cc1)N1CCN(S(=O)(=O)C=Cc2ccc(Cl)cc2)CC1. The summed E-state index contributed by atoms with van der Waals surface area (Å²) in [6.07, 6.45) is 5.04. The van der Waals surface area contributed by atoms with E-state index in [9.17, 15) is 13.2 Å². The number of rotatable bonds is 5. The van der Waals surface area contributed by atoms with Crippen molar-refractivity contribution in [2.45, 2.75) is 0 Å². The van der Waals surface area contributed by atoms with Gasteiger partial charge in [-0.2, -0.15) is 4.31 Å². The van der Waals surface area contributed by atoms with Crippen LogP contribution in [0.3, 0.4) is 0 Å². The van der Waals surface area contributed by atoms with Gasteiger partial charge in [-0.15, -0.1) is 12.4 Å². The maximum absolute atomic E-state index is 12.9. The smallest absolute Gasteiger partial charge is 0.253 e. The Kier molecular flexibility index (Phi) is 8.26. The fraction of sp³-hybridized carbons (Fsp3) is 0.167. The molecule has 1 fully saturated rings. The number of carbonyl (C=O) groups is 1. The third kappa shape index (κ3) is 6.21. The molecule has 1 aliphatic heterocycles. The highest BCUT2D eigenvalue weighted by Crippen LogP contribution is 2.20. The summed E-state index contributed by atoms with van der Waals surface area (Å²) in [6.45, 7) is 1.20. The summed E-state index contributed by atoms with van der Waals surface area (Å²) in [6, 6.07) is 18.1. The molecule has 6 nitrogen and oxygen atoms in total. The summed E-state index contributed by atoms with van der Waals surface area (Å²) in [5, 5.41) is 1.79. The number of pyridine rings is 1. The minimum absolute atomic E-state index is 0. The molecule has 0 aliphatic carbocycles. The van der Waals surface area contributed by atoms with Crippen LogP contribution in [0.4, 0.5) is 0 Å². The Morgan fingerprint density at radius 3 is 2.18 bits per heavy atom. The highest BCUT2D eigenvalue weighted by Gasteiger charge is 2.27. The molecule has 2 heterocycles. The van der Waals surface area contributed by atoms with Crippen molar-refractivity contribution in [1.29, 1.82) is 0 Å². The molecule has 0 radical (unpaired) electrons. The topological polar surface area (TPSA) is 70.6 Å². The molecule has 172 valence electrons. The molecule has 33 heavy (non-hydrogen) atoms. The fourth-order valence-corrected chi connectivity index (χ4v) is 4.79. The van der Waals surface area contributed by atoms with Crippen LogP contribution in [0.1, 0.15) is 15.9 Å². The number of hydrogen-bond acceptors (Lipinski definition) is 4. The van der Waals surface area contributed by atoms with E-state index in [1.54, 1.807) is 59.8 Å². The summed E-state index contributed by atoms with van der Waals surface area (Å²) in [7, 11) is -3.57. The first-order chi connectivity index (χ1) is 15.4. The lowest BCUT2D eigenvalue weighted by molar-refractivity contribution is 0.0698. The number of aromatic nitrogens is 1. The Labute approximate surface area is 205 Å². The van der Waals surface area contributed by atoms with Crippen LogP contribution >= 0.6 is 24.0 Å². The zero-order chi connectivity index (χ0) is 22.6. The Hall–Kier alpha value is -2.71. The maximum atomic E-state index is 12.9. The molecular formula is C24H23Cl2N3O3S. The summed E-state index contributed by atoms with van der Waals surface area (Å²) >= 11 is 5.86.